The number of likely N-dealkylation sites (tertiary alicyclic amines) is 1. The topological polar surface area (TPSA) is 55.6 Å². The number of carbonyl (C=O) groups is 1. The van der Waals surface area contributed by atoms with Gasteiger partial charge >= 0.3 is 0 Å². The van der Waals surface area contributed by atoms with Gasteiger partial charge < -0.3 is 15.4 Å². The summed E-state index contributed by atoms with van der Waals surface area (Å²) in [6, 6.07) is 5.19. The second kappa shape index (κ2) is 4.52. The number of hydrogen-bond donors (Lipinski definition) is 1. The molecule has 2 rings (SSSR count). The van der Waals surface area contributed by atoms with Crippen LogP contribution >= 0.6 is 0 Å². The fraction of sp³-hybridized carbons (Fsp3) is 0.500. The van der Waals surface area contributed by atoms with Gasteiger partial charge in [-0.2, -0.15) is 0 Å². The number of carbonyl (C=O) groups excluding carboxylic acids is 1. The Morgan fingerprint density at radius 2 is 2.17 bits per heavy atom. The van der Waals surface area contributed by atoms with Gasteiger partial charge in [-0.3, -0.25) is 4.79 Å². The molecule has 98 valence electrons. The van der Waals surface area contributed by atoms with Crippen molar-refractivity contribution in [2.24, 2.45) is 5.41 Å². The van der Waals surface area contributed by atoms with E-state index in [9.17, 15) is 4.79 Å². The van der Waals surface area contributed by atoms with Gasteiger partial charge in [-0.25, -0.2) is 0 Å². The highest BCUT2D eigenvalue weighted by atomic mass is 16.5. The van der Waals surface area contributed by atoms with Crippen LogP contribution in [0.5, 0.6) is 5.75 Å². The van der Waals surface area contributed by atoms with Gasteiger partial charge in [-0.05, 0) is 30.0 Å². The number of ether oxygens (including phenoxy) is 1. The minimum Gasteiger partial charge on any atom is -0.497 e. The van der Waals surface area contributed by atoms with Crippen molar-refractivity contribution in [2.45, 2.75) is 20.3 Å². The molecule has 1 aliphatic rings. The smallest absolute Gasteiger partial charge is 0.256 e. The van der Waals surface area contributed by atoms with Crippen molar-refractivity contribution in [3.8, 4) is 5.75 Å². The number of benzene rings is 1. The van der Waals surface area contributed by atoms with Gasteiger partial charge in [0.05, 0.1) is 12.7 Å². The molecule has 4 nitrogen and oxygen atoms in total. The molecule has 0 saturated carbocycles. The van der Waals surface area contributed by atoms with E-state index in [1.54, 1.807) is 25.3 Å². The Morgan fingerprint density at radius 3 is 2.72 bits per heavy atom. The summed E-state index contributed by atoms with van der Waals surface area (Å²) < 4.78 is 5.14. The van der Waals surface area contributed by atoms with Crippen LogP contribution in [0.4, 0.5) is 5.69 Å². The summed E-state index contributed by atoms with van der Waals surface area (Å²) in [6.07, 6.45) is 1.03. The van der Waals surface area contributed by atoms with E-state index in [1.807, 2.05) is 4.90 Å². The van der Waals surface area contributed by atoms with Gasteiger partial charge in [0.1, 0.15) is 5.75 Å². The number of nitrogens with zero attached hydrogens (tertiary/aromatic N) is 1. The standard InChI is InChI=1S/C14H20N2O2/c1-14(2)6-7-16(9-14)13(17)11-8-10(18-3)4-5-12(11)15/h4-5,8H,6-7,9,15H2,1-3H3. The first kappa shape index (κ1) is 12.7. The third kappa shape index (κ3) is 2.42. The molecule has 1 saturated heterocycles. The van der Waals surface area contributed by atoms with E-state index in [0.717, 1.165) is 19.5 Å². The molecular formula is C14H20N2O2. The third-order valence-electron chi connectivity index (χ3n) is 3.46. The second-order valence-corrected chi connectivity index (χ2v) is 5.59. The molecule has 2 N–H and O–H groups in total. The monoisotopic (exact) mass is 248 g/mol. The lowest BCUT2D eigenvalue weighted by molar-refractivity contribution is 0.0779. The van der Waals surface area contributed by atoms with Crippen molar-refractivity contribution in [1.29, 1.82) is 0 Å². The normalized spacial score (nSPS) is 17.8. The van der Waals surface area contributed by atoms with Crippen LogP contribution in [0.3, 0.4) is 0 Å². The number of rotatable bonds is 2. The van der Waals surface area contributed by atoms with Crippen molar-refractivity contribution in [3.05, 3.63) is 23.8 Å². The first-order chi connectivity index (χ1) is 8.43. The number of anilines is 1. The van der Waals surface area contributed by atoms with Gasteiger partial charge in [-0.1, -0.05) is 13.8 Å². The Labute approximate surface area is 108 Å². The van der Waals surface area contributed by atoms with Gasteiger partial charge in [0, 0.05) is 18.8 Å². The van der Waals surface area contributed by atoms with E-state index in [4.69, 9.17) is 10.5 Å². The van der Waals surface area contributed by atoms with Gasteiger partial charge in [-0.15, -0.1) is 0 Å². The van der Waals surface area contributed by atoms with Crippen LogP contribution in [0.1, 0.15) is 30.6 Å². The van der Waals surface area contributed by atoms with Crippen LogP contribution in [-0.2, 0) is 0 Å². The van der Waals surface area contributed by atoms with Gasteiger partial charge in [0.25, 0.3) is 5.91 Å². The molecule has 0 aliphatic carbocycles. The van der Waals surface area contributed by atoms with E-state index in [0.29, 0.717) is 17.0 Å². The van der Waals surface area contributed by atoms with E-state index in [2.05, 4.69) is 13.8 Å². The quantitative estimate of drug-likeness (QED) is 0.816. The van der Waals surface area contributed by atoms with E-state index in [-0.39, 0.29) is 11.3 Å². The van der Waals surface area contributed by atoms with Crippen molar-refractivity contribution < 1.29 is 9.53 Å². The van der Waals surface area contributed by atoms with E-state index in [1.165, 1.54) is 0 Å². The van der Waals surface area contributed by atoms with Gasteiger partial charge in [0.15, 0.2) is 0 Å². The molecule has 1 heterocycles. The molecule has 0 unspecified atom stereocenters. The van der Waals surface area contributed by atoms with Crippen LogP contribution in [0, 0.1) is 5.41 Å². The number of nitrogen functional groups attached to an aromatic ring is 1. The summed E-state index contributed by atoms with van der Waals surface area (Å²) in [5.74, 6) is 0.656. The first-order valence-corrected chi connectivity index (χ1v) is 6.16. The Bertz CT molecular complexity index is 469. The molecule has 18 heavy (non-hydrogen) atoms. The zero-order chi connectivity index (χ0) is 13.3. The van der Waals surface area contributed by atoms with Crippen LogP contribution in [0.15, 0.2) is 18.2 Å². The minimum absolute atomic E-state index is 0.00280. The van der Waals surface area contributed by atoms with Crippen LogP contribution in [0.2, 0.25) is 0 Å². The van der Waals surface area contributed by atoms with Gasteiger partial charge in [0.2, 0.25) is 0 Å². The van der Waals surface area contributed by atoms with Crippen molar-refractivity contribution in [1.82, 2.24) is 4.90 Å². The van der Waals surface area contributed by atoms with Crippen molar-refractivity contribution in [2.75, 3.05) is 25.9 Å². The zero-order valence-corrected chi connectivity index (χ0v) is 11.2. The summed E-state index contributed by atoms with van der Waals surface area (Å²) in [5, 5.41) is 0. The summed E-state index contributed by atoms with van der Waals surface area (Å²) in [4.78, 5) is 14.3. The van der Waals surface area contributed by atoms with Crippen molar-refractivity contribution in [3.63, 3.8) is 0 Å². The number of methoxy groups -OCH3 is 1. The maximum atomic E-state index is 12.4. The zero-order valence-electron chi connectivity index (χ0n) is 11.2. The lowest BCUT2D eigenvalue weighted by Gasteiger charge is -2.20. The Morgan fingerprint density at radius 1 is 1.44 bits per heavy atom. The molecule has 1 amide bonds. The first-order valence-electron chi connectivity index (χ1n) is 6.16. The predicted octanol–water partition coefficient (Wildman–Crippen LogP) is 2.15. The molecule has 1 aromatic rings. The molecular weight excluding hydrogens is 228 g/mol. The maximum Gasteiger partial charge on any atom is 0.256 e. The number of amides is 1. The minimum atomic E-state index is -0.00280. The molecule has 0 spiro atoms. The number of nitrogens with two attached hydrogens (primary N) is 1. The summed E-state index contributed by atoms with van der Waals surface area (Å²) in [7, 11) is 1.58. The summed E-state index contributed by atoms with van der Waals surface area (Å²) >= 11 is 0. The highest BCUT2D eigenvalue weighted by molar-refractivity contribution is 5.99. The highest BCUT2D eigenvalue weighted by Crippen LogP contribution is 2.31. The third-order valence-corrected chi connectivity index (χ3v) is 3.46. The van der Waals surface area contributed by atoms with Crippen LogP contribution in [-0.4, -0.2) is 31.0 Å². The molecule has 0 bridgehead atoms. The Balaban J connectivity index is 2.24. The molecule has 0 radical (unpaired) electrons. The SMILES string of the molecule is COc1ccc(N)c(C(=O)N2CCC(C)(C)C2)c1. The summed E-state index contributed by atoms with van der Waals surface area (Å²) in [6.45, 7) is 5.93. The van der Waals surface area contributed by atoms with Crippen molar-refractivity contribution >= 4 is 11.6 Å². The molecule has 1 fully saturated rings. The largest absolute Gasteiger partial charge is 0.497 e. The Kier molecular flexibility index (Phi) is 3.20. The maximum absolute atomic E-state index is 12.4. The van der Waals surface area contributed by atoms with E-state index < -0.39 is 0 Å². The lowest BCUT2D eigenvalue weighted by Crippen LogP contribution is -2.30. The molecule has 0 atom stereocenters. The molecule has 1 aliphatic heterocycles. The molecule has 1 aromatic carbocycles. The molecule has 0 aromatic heterocycles. The van der Waals surface area contributed by atoms with Crippen LogP contribution < -0.4 is 10.5 Å². The predicted molar refractivity (Wildman–Crippen MR) is 71.7 cm³/mol. The second-order valence-electron chi connectivity index (χ2n) is 5.59. The average molecular weight is 248 g/mol. The Hall–Kier alpha value is -1.71. The molecule has 4 heteroatoms. The fourth-order valence-electron chi connectivity index (χ4n) is 2.30. The van der Waals surface area contributed by atoms with E-state index >= 15 is 0 Å². The number of hydrogen-bond acceptors (Lipinski definition) is 3. The van der Waals surface area contributed by atoms with Crippen LogP contribution in [0.25, 0.3) is 0 Å². The fourth-order valence-corrected chi connectivity index (χ4v) is 2.30. The average Bonchev–Trinajstić information content (AvgIpc) is 2.69. The lowest BCUT2D eigenvalue weighted by atomic mass is 9.93. The highest BCUT2D eigenvalue weighted by Gasteiger charge is 2.33. The summed E-state index contributed by atoms with van der Waals surface area (Å²) in [5.41, 5.74) is 7.11.